The van der Waals surface area contributed by atoms with Crippen LogP contribution in [-0.4, -0.2) is 20.7 Å². The molecule has 0 aliphatic rings. The first-order valence-corrected chi connectivity index (χ1v) is 14.0. The van der Waals surface area contributed by atoms with Crippen molar-refractivity contribution < 1.29 is 13.2 Å². The molecule has 0 bridgehead atoms. The first kappa shape index (κ1) is 30.9. The van der Waals surface area contributed by atoms with Crippen molar-refractivity contribution in [3.05, 3.63) is 0 Å². The minimum atomic E-state index is -4.42. The Hall–Kier alpha value is 0.672. The molecule has 0 unspecified atom stereocenters. The fourth-order valence-electron chi connectivity index (χ4n) is 3.34. The summed E-state index contributed by atoms with van der Waals surface area (Å²) in [5.74, 6) is 0. The summed E-state index contributed by atoms with van der Waals surface area (Å²) in [6.07, 6.45) is 26.6. The Labute approximate surface area is 186 Å². The van der Waals surface area contributed by atoms with Gasteiger partial charge >= 0.3 is 155 Å². The van der Waals surface area contributed by atoms with Crippen molar-refractivity contribution in [2.24, 2.45) is 0 Å². The summed E-state index contributed by atoms with van der Waals surface area (Å²) in [6, 6.07) is 0. The van der Waals surface area contributed by atoms with Crippen molar-refractivity contribution in [2.75, 3.05) is 0 Å². The van der Waals surface area contributed by atoms with Crippen LogP contribution in [-0.2, 0) is 12.6 Å². The molecule has 28 heavy (non-hydrogen) atoms. The molecule has 0 amide bonds. The van der Waals surface area contributed by atoms with Gasteiger partial charge in [-0.25, -0.2) is 0 Å². The number of alkyl halides is 3. The van der Waals surface area contributed by atoms with Gasteiger partial charge in [0.1, 0.15) is 0 Å². The Balaban J connectivity index is 0. The van der Waals surface area contributed by atoms with Crippen molar-refractivity contribution in [3.63, 3.8) is 0 Å². The summed E-state index contributed by atoms with van der Waals surface area (Å²) in [5.41, 5.74) is -4.42. The predicted octanol–water partition coefficient (Wildman–Crippen LogP) is 9.64. The predicted molar refractivity (Wildman–Crippen MR) is 123 cm³/mol. The molecule has 0 aromatic carbocycles. The van der Waals surface area contributed by atoms with Crippen LogP contribution in [0.5, 0.6) is 0 Å². The summed E-state index contributed by atoms with van der Waals surface area (Å²) in [7, 11) is 0. The fourth-order valence-corrected chi connectivity index (χ4v) is 4.79. The standard InChI is InChI=1S/2C11H23.CHF3S.Al/c2*1-3-5-7-9-11-10-8-6-4-2;2-1(3,4)5;/h2*1,3-11H2,2H3;5H;/q;;;+1/p-1. The number of unbranched alkanes of at least 4 members (excludes halogenated alkanes) is 16. The maximum atomic E-state index is 10.2. The Morgan fingerprint density at radius 1 is 0.500 bits per heavy atom. The van der Waals surface area contributed by atoms with Crippen molar-refractivity contribution in [2.45, 2.75) is 145 Å². The molecule has 0 atom stereocenters. The summed E-state index contributed by atoms with van der Waals surface area (Å²) >= 11 is 3.61. The number of hydrogen-bond donors (Lipinski definition) is 0. The Morgan fingerprint density at radius 3 is 0.964 bits per heavy atom. The molecule has 0 aromatic heterocycles. The van der Waals surface area contributed by atoms with Crippen LogP contribution in [0.3, 0.4) is 0 Å². The number of halogens is 3. The van der Waals surface area contributed by atoms with E-state index in [-0.39, 0.29) is 0 Å². The molecule has 0 nitrogen and oxygen atoms in total. The van der Waals surface area contributed by atoms with Gasteiger partial charge in [0.2, 0.25) is 0 Å². The molecular formula is C23H46AlF3S. The van der Waals surface area contributed by atoms with E-state index in [4.69, 9.17) is 0 Å². The van der Waals surface area contributed by atoms with Crippen molar-refractivity contribution in [3.8, 4) is 0 Å². The minimum Gasteiger partial charge on any atom is -0.680 e. The summed E-state index contributed by atoms with van der Waals surface area (Å²) < 4.78 is 30.5. The van der Waals surface area contributed by atoms with Gasteiger partial charge in [0, 0.05) is 0 Å². The largest absolute Gasteiger partial charge is 0.680 e. The molecule has 0 N–H and O–H groups in total. The molecular weight excluding hydrogens is 392 g/mol. The van der Waals surface area contributed by atoms with Crippen LogP contribution >= 0.6 is 0 Å². The van der Waals surface area contributed by atoms with Crippen LogP contribution in [0.4, 0.5) is 13.2 Å². The monoisotopic (exact) mass is 438 g/mol. The maximum absolute atomic E-state index is 10.2. The van der Waals surface area contributed by atoms with Gasteiger partial charge in [-0.2, -0.15) is 13.2 Å². The van der Waals surface area contributed by atoms with Gasteiger partial charge in [0.15, 0.2) is 0 Å². The second-order valence-corrected chi connectivity index (χ2v) is 10.2. The second kappa shape index (κ2) is 25.7. The van der Waals surface area contributed by atoms with Gasteiger partial charge in [0.05, 0.1) is 0 Å². The first-order valence-electron chi connectivity index (χ1n) is 12.0. The molecule has 0 aromatic rings. The molecule has 0 heterocycles. The normalized spacial score (nSPS) is 11.1. The van der Waals surface area contributed by atoms with E-state index < -0.39 is 5.51 Å². The average Bonchev–Trinajstić information content (AvgIpc) is 2.62. The summed E-state index contributed by atoms with van der Waals surface area (Å²) in [4.78, 5) is 0. The van der Waals surface area contributed by atoms with E-state index in [1.54, 1.807) is 10.6 Å². The van der Waals surface area contributed by atoms with E-state index in [9.17, 15) is 13.2 Å². The smallest absolute Gasteiger partial charge is 0.276 e. The van der Waals surface area contributed by atoms with Crippen molar-refractivity contribution in [1.82, 2.24) is 0 Å². The van der Waals surface area contributed by atoms with E-state index >= 15 is 0 Å². The third kappa shape index (κ3) is 41.1. The van der Waals surface area contributed by atoms with Gasteiger partial charge in [-0.15, -0.1) is 0 Å². The van der Waals surface area contributed by atoms with E-state index in [2.05, 4.69) is 26.5 Å². The van der Waals surface area contributed by atoms with E-state index in [1.165, 1.54) is 116 Å². The molecule has 0 aliphatic heterocycles. The topological polar surface area (TPSA) is 0 Å². The zero-order chi connectivity index (χ0) is 21.3. The average molecular weight is 439 g/mol. The molecule has 0 fully saturated rings. The third-order valence-electron chi connectivity index (χ3n) is 5.02. The van der Waals surface area contributed by atoms with Crippen LogP contribution in [0.1, 0.15) is 129 Å². The van der Waals surface area contributed by atoms with Crippen molar-refractivity contribution in [1.29, 1.82) is 0 Å². The van der Waals surface area contributed by atoms with Gasteiger partial charge in [0.25, 0.3) is 5.51 Å². The summed E-state index contributed by atoms with van der Waals surface area (Å²) in [6.45, 7) is 4.61. The zero-order valence-corrected chi connectivity index (χ0v) is 20.7. The summed E-state index contributed by atoms with van der Waals surface area (Å²) in [5, 5.41) is 3.15. The molecule has 168 valence electrons. The maximum Gasteiger partial charge on any atom is 0.276 e. The van der Waals surface area contributed by atoms with E-state index in [0.29, 0.717) is 0 Å². The molecule has 0 radical (unpaired) electrons. The van der Waals surface area contributed by atoms with Gasteiger partial charge in [-0.1, -0.05) is 0 Å². The van der Waals surface area contributed by atoms with Crippen LogP contribution in [0, 0.1) is 0 Å². The number of rotatable bonds is 20. The minimum absolute atomic E-state index is 0.783. The quantitative estimate of drug-likeness (QED) is 0.104. The Bertz CT molecular complexity index is 247. The van der Waals surface area contributed by atoms with Gasteiger partial charge < -0.3 is 12.6 Å². The van der Waals surface area contributed by atoms with Gasteiger partial charge in [-0.3, -0.25) is 0 Å². The Morgan fingerprint density at radius 2 is 0.714 bits per heavy atom. The fraction of sp³-hybridized carbons (Fsp3) is 1.00. The molecule has 0 saturated carbocycles. The second-order valence-electron chi connectivity index (χ2n) is 7.97. The third-order valence-corrected chi connectivity index (χ3v) is 6.66. The van der Waals surface area contributed by atoms with Crippen LogP contribution < -0.4 is 0 Å². The zero-order valence-electron chi connectivity index (χ0n) is 18.8. The first-order chi connectivity index (χ1) is 13.4. The molecule has 0 spiro atoms. The molecule has 0 rings (SSSR count). The Kier molecular flexibility index (Phi) is 28.3. The molecule has 0 saturated heterocycles. The molecule has 5 heteroatoms. The van der Waals surface area contributed by atoms with Crippen molar-refractivity contribution >= 4 is 27.8 Å². The van der Waals surface area contributed by atoms with Crippen LogP contribution in [0.25, 0.3) is 0 Å². The number of hydrogen-bond acceptors (Lipinski definition) is 1. The van der Waals surface area contributed by atoms with E-state index in [0.717, 1.165) is 15.2 Å². The van der Waals surface area contributed by atoms with E-state index in [1.807, 2.05) is 0 Å². The SMILES string of the molecule is CCCCCCCCCC[CH2][Al+][CH2]CCCCCCCCCC.FC(F)(F)[S-]. The van der Waals surface area contributed by atoms with Gasteiger partial charge in [-0.05, 0) is 0 Å². The molecule has 0 aliphatic carbocycles. The van der Waals surface area contributed by atoms with Crippen LogP contribution in [0.15, 0.2) is 0 Å². The van der Waals surface area contributed by atoms with Crippen LogP contribution in [0.2, 0.25) is 10.6 Å².